The monoisotopic (exact) mass is 412 g/mol. The van der Waals surface area contributed by atoms with Crippen molar-refractivity contribution in [3.05, 3.63) is 35.9 Å². The molecule has 4 bridgehead atoms. The lowest BCUT2D eigenvalue weighted by molar-refractivity contribution is -0.157. The highest BCUT2D eigenvalue weighted by Gasteiger charge is 2.51. The predicted molar refractivity (Wildman–Crippen MR) is 112 cm³/mol. The molecule has 4 aliphatic rings. The topological polar surface area (TPSA) is 84.5 Å². The van der Waals surface area contributed by atoms with Crippen LogP contribution in [0.3, 0.4) is 0 Å². The minimum absolute atomic E-state index is 0.0153. The van der Waals surface area contributed by atoms with Gasteiger partial charge in [0.25, 0.3) is 5.91 Å². The molecule has 6 nitrogen and oxygen atoms in total. The highest BCUT2D eigenvalue weighted by Crippen LogP contribution is 2.55. The van der Waals surface area contributed by atoms with E-state index in [0.717, 1.165) is 42.6 Å². The average Bonchev–Trinajstić information content (AvgIpc) is 2.66. The standard InChI is InChI=1S/C24H32N2O4/c1-15(23(29)26-24-12-17-8-18(13-24)10-19(9-17)14-24)30-22(28)11-21(25-16(2)27)20-6-4-3-5-7-20/h3-7,15,17-19,21H,8-14H2,1-2H3,(H,25,27)(H,26,29)/t15-,17?,18?,19?,21-,24?/m1/s1. The van der Waals surface area contributed by atoms with Crippen molar-refractivity contribution in [3.8, 4) is 0 Å². The molecule has 5 rings (SSSR count). The van der Waals surface area contributed by atoms with E-state index in [-0.39, 0.29) is 23.8 Å². The molecule has 162 valence electrons. The largest absolute Gasteiger partial charge is 0.452 e. The van der Waals surface area contributed by atoms with Gasteiger partial charge in [0.15, 0.2) is 6.10 Å². The van der Waals surface area contributed by atoms with Gasteiger partial charge in [0.1, 0.15) is 0 Å². The van der Waals surface area contributed by atoms with Crippen LogP contribution in [0.5, 0.6) is 0 Å². The molecule has 0 heterocycles. The number of hydrogen-bond acceptors (Lipinski definition) is 4. The summed E-state index contributed by atoms with van der Waals surface area (Å²) in [5, 5.41) is 6.05. The minimum atomic E-state index is -0.848. The van der Waals surface area contributed by atoms with Crippen molar-refractivity contribution < 1.29 is 19.1 Å². The molecule has 2 amide bonds. The lowest BCUT2D eigenvalue weighted by Crippen LogP contribution is -2.61. The van der Waals surface area contributed by atoms with Crippen molar-refractivity contribution in [1.29, 1.82) is 0 Å². The summed E-state index contributed by atoms with van der Waals surface area (Å²) in [6.07, 6.45) is 6.24. The van der Waals surface area contributed by atoms with Crippen LogP contribution < -0.4 is 10.6 Å². The van der Waals surface area contributed by atoms with E-state index < -0.39 is 18.1 Å². The van der Waals surface area contributed by atoms with Gasteiger partial charge in [-0.05, 0) is 68.8 Å². The van der Waals surface area contributed by atoms with Crippen molar-refractivity contribution in [2.24, 2.45) is 17.8 Å². The summed E-state index contributed by atoms with van der Waals surface area (Å²) in [5.74, 6) is 1.28. The number of carbonyl (C=O) groups is 3. The van der Waals surface area contributed by atoms with E-state index in [9.17, 15) is 14.4 Å². The Morgan fingerprint density at radius 2 is 1.60 bits per heavy atom. The molecule has 0 spiro atoms. The Morgan fingerprint density at radius 3 is 2.13 bits per heavy atom. The summed E-state index contributed by atoms with van der Waals surface area (Å²) in [7, 11) is 0. The normalized spacial score (nSPS) is 30.9. The van der Waals surface area contributed by atoms with Gasteiger partial charge in [-0.3, -0.25) is 14.4 Å². The fourth-order valence-electron chi connectivity index (χ4n) is 6.28. The van der Waals surface area contributed by atoms with E-state index in [1.807, 2.05) is 30.3 Å². The summed E-state index contributed by atoms with van der Waals surface area (Å²) in [6.45, 7) is 3.05. The zero-order chi connectivity index (χ0) is 21.3. The molecule has 0 aromatic heterocycles. The summed E-state index contributed by atoms with van der Waals surface area (Å²) < 4.78 is 5.46. The zero-order valence-electron chi connectivity index (χ0n) is 17.9. The van der Waals surface area contributed by atoms with Crippen molar-refractivity contribution >= 4 is 17.8 Å². The number of esters is 1. The Labute approximate surface area is 178 Å². The Bertz CT molecular complexity index is 771. The molecule has 0 unspecified atom stereocenters. The van der Waals surface area contributed by atoms with Crippen molar-refractivity contribution in [3.63, 3.8) is 0 Å². The van der Waals surface area contributed by atoms with Gasteiger partial charge in [-0.2, -0.15) is 0 Å². The Balaban J connectivity index is 1.33. The number of ether oxygens (including phenoxy) is 1. The number of hydrogen-bond donors (Lipinski definition) is 2. The third-order valence-corrected chi connectivity index (χ3v) is 7.05. The molecule has 0 saturated heterocycles. The fourth-order valence-corrected chi connectivity index (χ4v) is 6.28. The first-order valence-electron chi connectivity index (χ1n) is 11.2. The summed E-state index contributed by atoms with van der Waals surface area (Å²) in [5.41, 5.74) is 0.727. The summed E-state index contributed by atoms with van der Waals surface area (Å²) >= 11 is 0. The highest BCUT2D eigenvalue weighted by atomic mass is 16.5. The second-order valence-corrected chi connectivity index (χ2v) is 9.69. The first-order valence-corrected chi connectivity index (χ1v) is 11.2. The van der Waals surface area contributed by atoms with E-state index >= 15 is 0 Å². The smallest absolute Gasteiger partial charge is 0.309 e. The van der Waals surface area contributed by atoms with Crippen LogP contribution >= 0.6 is 0 Å². The van der Waals surface area contributed by atoms with Gasteiger partial charge in [0.05, 0.1) is 12.5 Å². The van der Waals surface area contributed by atoms with Crippen LogP contribution in [0.15, 0.2) is 30.3 Å². The van der Waals surface area contributed by atoms with Gasteiger partial charge in [-0.15, -0.1) is 0 Å². The van der Waals surface area contributed by atoms with Gasteiger partial charge >= 0.3 is 5.97 Å². The second-order valence-electron chi connectivity index (χ2n) is 9.69. The first-order chi connectivity index (χ1) is 14.3. The molecule has 6 heteroatoms. The van der Waals surface area contributed by atoms with Crippen LogP contribution in [0.25, 0.3) is 0 Å². The number of benzene rings is 1. The van der Waals surface area contributed by atoms with Crippen molar-refractivity contribution in [2.45, 2.75) is 76.5 Å². The van der Waals surface area contributed by atoms with E-state index in [2.05, 4.69) is 10.6 Å². The summed E-state index contributed by atoms with van der Waals surface area (Å²) in [4.78, 5) is 36.9. The van der Waals surface area contributed by atoms with Crippen LogP contribution in [0.4, 0.5) is 0 Å². The number of amides is 2. The van der Waals surface area contributed by atoms with Crippen LogP contribution in [0, 0.1) is 17.8 Å². The maximum Gasteiger partial charge on any atom is 0.309 e. The van der Waals surface area contributed by atoms with Crippen LogP contribution in [-0.2, 0) is 19.1 Å². The molecule has 1 aromatic rings. The second kappa shape index (κ2) is 8.40. The highest BCUT2D eigenvalue weighted by molar-refractivity contribution is 5.84. The van der Waals surface area contributed by atoms with Crippen LogP contribution in [-0.4, -0.2) is 29.4 Å². The Morgan fingerprint density at radius 1 is 1.03 bits per heavy atom. The lowest BCUT2D eigenvalue weighted by Gasteiger charge is -2.57. The third-order valence-electron chi connectivity index (χ3n) is 7.05. The van der Waals surface area contributed by atoms with Crippen molar-refractivity contribution in [1.82, 2.24) is 10.6 Å². The SMILES string of the molecule is CC(=O)N[C@H](CC(=O)O[C@H](C)C(=O)NC12CC3CC(CC(C3)C1)C2)c1ccccc1. The van der Waals surface area contributed by atoms with E-state index in [1.54, 1.807) is 6.92 Å². The molecule has 30 heavy (non-hydrogen) atoms. The molecule has 2 atom stereocenters. The Hall–Kier alpha value is -2.37. The molecular formula is C24H32N2O4. The molecule has 4 saturated carbocycles. The van der Waals surface area contributed by atoms with Gasteiger partial charge in [0, 0.05) is 12.5 Å². The van der Waals surface area contributed by atoms with Gasteiger partial charge in [-0.1, -0.05) is 30.3 Å². The van der Waals surface area contributed by atoms with Crippen LogP contribution in [0.1, 0.15) is 70.4 Å². The average molecular weight is 413 g/mol. The molecule has 2 N–H and O–H groups in total. The molecular weight excluding hydrogens is 380 g/mol. The minimum Gasteiger partial charge on any atom is -0.452 e. The lowest BCUT2D eigenvalue weighted by atomic mass is 9.53. The predicted octanol–water partition coefficient (Wildman–Crippen LogP) is 3.27. The number of rotatable bonds is 7. The number of nitrogens with one attached hydrogen (secondary N) is 2. The summed E-state index contributed by atoms with van der Waals surface area (Å²) in [6, 6.07) is 8.83. The Kier molecular flexibility index (Phi) is 5.85. The number of carbonyl (C=O) groups excluding carboxylic acids is 3. The van der Waals surface area contributed by atoms with E-state index in [1.165, 1.54) is 26.2 Å². The fraction of sp³-hybridized carbons (Fsp3) is 0.625. The van der Waals surface area contributed by atoms with Gasteiger partial charge < -0.3 is 15.4 Å². The first kappa shape index (κ1) is 20.9. The van der Waals surface area contributed by atoms with E-state index in [4.69, 9.17) is 4.74 Å². The molecule has 1 aromatic carbocycles. The molecule has 4 fully saturated rings. The molecule has 0 aliphatic heterocycles. The molecule has 4 aliphatic carbocycles. The molecule has 0 radical (unpaired) electrons. The quantitative estimate of drug-likeness (QED) is 0.673. The van der Waals surface area contributed by atoms with Gasteiger partial charge in [0.2, 0.25) is 5.91 Å². The van der Waals surface area contributed by atoms with Crippen molar-refractivity contribution in [2.75, 3.05) is 0 Å². The maximum absolute atomic E-state index is 12.8. The van der Waals surface area contributed by atoms with E-state index in [0.29, 0.717) is 0 Å². The zero-order valence-corrected chi connectivity index (χ0v) is 17.9. The third kappa shape index (κ3) is 4.68. The maximum atomic E-state index is 12.8. The van der Waals surface area contributed by atoms with Gasteiger partial charge in [-0.25, -0.2) is 0 Å². The van der Waals surface area contributed by atoms with Crippen LogP contribution in [0.2, 0.25) is 0 Å².